The van der Waals surface area contributed by atoms with E-state index < -0.39 is 0 Å². The molecule has 3 rings (SSSR count). The molecule has 0 aliphatic heterocycles. The average Bonchev–Trinajstić information content (AvgIpc) is 3.09. The van der Waals surface area contributed by atoms with Gasteiger partial charge in [-0.15, -0.1) is 0 Å². The molecule has 1 aliphatic carbocycles. The first-order chi connectivity index (χ1) is 8.36. The van der Waals surface area contributed by atoms with E-state index in [1.165, 1.54) is 12.8 Å². The van der Waals surface area contributed by atoms with Crippen LogP contribution in [0.1, 0.15) is 18.5 Å². The molecule has 17 heavy (non-hydrogen) atoms. The Morgan fingerprint density at radius 2 is 2.29 bits per heavy atom. The summed E-state index contributed by atoms with van der Waals surface area (Å²) in [6, 6.07) is 6.02. The lowest BCUT2D eigenvalue weighted by Crippen LogP contribution is -2.09. The molecule has 0 aromatic carbocycles. The van der Waals surface area contributed by atoms with Gasteiger partial charge in [0, 0.05) is 31.0 Å². The number of nitrogens with two attached hydrogens (primary N) is 1. The first kappa shape index (κ1) is 10.5. The van der Waals surface area contributed by atoms with E-state index in [-0.39, 0.29) is 0 Å². The highest BCUT2D eigenvalue weighted by Crippen LogP contribution is 2.31. The molecule has 2 aromatic rings. The van der Waals surface area contributed by atoms with Crippen molar-refractivity contribution in [1.29, 1.82) is 0 Å². The number of pyridine rings is 1. The maximum Gasteiger partial charge on any atom is 0.0942 e. The predicted molar refractivity (Wildman–Crippen MR) is 66.1 cm³/mol. The maximum atomic E-state index is 5.76. The molecule has 1 aliphatic rings. The van der Waals surface area contributed by atoms with Gasteiger partial charge in [-0.1, -0.05) is 0 Å². The summed E-state index contributed by atoms with van der Waals surface area (Å²) in [6.07, 6.45) is 6.26. The Bertz CT molecular complexity index is 499. The van der Waals surface area contributed by atoms with Crippen molar-refractivity contribution in [3.8, 4) is 11.3 Å². The second kappa shape index (κ2) is 4.30. The minimum atomic E-state index is 0.542. The van der Waals surface area contributed by atoms with Gasteiger partial charge in [0.05, 0.1) is 11.4 Å². The van der Waals surface area contributed by atoms with Crippen molar-refractivity contribution >= 4 is 0 Å². The molecular weight excluding hydrogens is 212 g/mol. The predicted octanol–water partition coefficient (Wildman–Crippen LogP) is 1.81. The first-order valence-corrected chi connectivity index (χ1v) is 6.04. The molecule has 1 saturated carbocycles. The van der Waals surface area contributed by atoms with E-state index in [1.807, 2.05) is 18.3 Å². The summed E-state index contributed by atoms with van der Waals surface area (Å²) in [5, 5.41) is 4.63. The van der Waals surface area contributed by atoms with Gasteiger partial charge in [0.15, 0.2) is 0 Å². The van der Waals surface area contributed by atoms with E-state index in [1.54, 1.807) is 6.20 Å². The molecule has 2 N–H and O–H groups in total. The first-order valence-electron chi connectivity index (χ1n) is 6.04. The fourth-order valence-corrected chi connectivity index (χ4v) is 1.98. The Balaban J connectivity index is 1.92. The highest BCUT2D eigenvalue weighted by Gasteiger charge is 2.23. The molecule has 4 heteroatoms. The molecule has 0 amide bonds. The molecule has 0 saturated heterocycles. The fourth-order valence-electron chi connectivity index (χ4n) is 1.98. The zero-order valence-corrected chi connectivity index (χ0v) is 9.71. The number of hydrogen-bond donors (Lipinski definition) is 1. The Morgan fingerprint density at radius 3 is 2.94 bits per heavy atom. The third kappa shape index (κ3) is 2.22. The Hall–Kier alpha value is -1.68. The van der Waals surface area contributed by atoms with Gasteiger partial charge in [-0.2, -0.15) is 5.10 Å². The highest BCUT2D eigenvalue weighted by atomic mass is 15.3. The van der Waals surface area contributed by atoms with Crippen LogP contribution in [0.2, 0.25) is 0 Å². The topological polar surface area (TPSA) is 56.7 Å². The quantitative estimate of drug-likeness (QED) is 0.868. The molecule has 1 fully saturated rings. The third-order valence-electron chi connectivity index (χ3n) is 3.16. The van der Waals surface area contributed by atoms with Crippen LogP contribution >= 0.6 is 0 Å². The van der Waals surface area contributed by atoms with Crippen LogP contribution in [0.5, 0.6) is 0 Å². The normalized spacial score (nSPS) is 15.1. The van der Waals surface area contributed by atoms with Crippen LogP contribution in [-0.2, 0) is 13.1 Å². The fraction of sp³-hybridized carbons (Fsp3) is 0.385. The second-order valence-electron chi connectivity index (χ2n) is 4.59. The van der Waals surface area contributed by atoms with Crippen LogP contribution in [0, 0.1) is 5.92 Å². The molecule has 88 valence electrons. The summed E-state index contributed by atoms with van der Waals surface area (Å²) in [5.74, 6) is 0.807. The summed E-state index contributed by atoms with van der Waals surface area (Å²) < 4.78 is 2.06. The maximum absolute atomic E-state index is 5.76. The molecule has 2 heterocycles. The van der Waals surface area contributed by atoms with Crippen LogP contribution in [0.3, 0.4) is 0 Å². The Morgan fingerprint density at radius 1 is 1.41 bits per heavy atom. The van der Waals surface area contributed by atoms with Gasteiger partial charge in [-0.05, 0) is 37.0 Å². The lowest BCUT2D eigenvalue weighted by atomic mass is 10.2. The molecule has 4 nitrogen and oxygen atoms in total. The number of aromatic nitrogens is 3. The number of nitrogens with zero attached hydrogens (tertiary/aromatic N) is 3. The van der Waals surface area contributed by atoms with Crippen LogP contribution in [0.25, 0.3) is 11.3 Å². The van der Waals surface area contributed by atoms with Crippen molar-refractivity contribution in [1.82, 2.24) is 14.8 Å². The van der Waals surface area contributed by atoms with Gasteiger partial charge in [-0.25, -0.2) is 0 Å². The SMILES string of the molecule is NCc1cc(-c2cccnc2)nn1CC1CC1. The second-order valence-corrected chi connectivity index (χ2v) is 4.59. The van der Waals surface area contributed by atoms with E-state index in [2.05, 4.69) is 20.8 Å². The van der Waals surface area contributed by atoms with Gasteiger partial charge < -0.3 is 5.73 Å². The van der Waals surface area contributed by atoms with Gasteiger partial charge in [0.1, 0.15) is 0 Å². The zero-order valence-electron chi connectivity index (χ0n) is 9.71. The minimum Gasteiger partial charge on any atom is -0.325 e. The average molecular weight is 228 g/mol. The van der Waals surface area contributed by atoms with E-state index >= 15 is 0 Å². The molecule has 0 radical (unpaired) electrons. The summed E-state index contributed by atoms with van der Waals surface area (Å²) in [7, 11) is 0. The van der Waals surface area contributed by atoms with Crippen LogP contribution < -0.4 is 5.73 Å². The summed E-state index contributed by atoms with van der Waals surface area (Å²) in [4.78, 5) is 4.12. The van der Waals surface area contributed by atoms with Crippen molar-refractivity contribution in [3.63, 3.8) is 0 Å². The van der Waals surface area contributed by atoms with Gasteiger partial charge in [0.25, 0.3) is 0 Å². The summed E-state index contributed by atoms with van der Waals surface area (Å²) >= 11 is 0. The molecule has 2 aromatic heterocycles. The zero-order chi connectivity index (χ0) is 11.7. The van der Waals surface area contributed by atoms with Crippen molar-refractivity contribution in [2.24, 2.45) is 11.7 Å². The van der Waals surface area contributed by atoms with E-state index in [4.69, 9.17) is 5.73 Å². The Kier molecular flexibility index (Phi) is 2.65. The Labute approximate surface area is 100 Å². The minimum absolute atomic E-state index is 0.542. The lowest BCUT2D eigenvalue weighted by molar-refractivity contribution is 0.541. The monoisotopic (exact) mass is 228 g/mol. The van der Waals surface area contributed by atoms with E-state index in [9.17, 15) is 0 Å². The smallest absolute Gasteiger partial charge is 0.0942 e. The summed E-state index contributed by atoms with van der Waals surface area (Å²) in [6.45, 7) is 1.55. The van der Waals surface area contributed by atoms with Crippen molar-refractivity contribution in [2.45, 2.75) is 25.9 Å². The van der Waals surface area contributed by atoms with Crippen molar-refractivity contribution < 1.29 is 0 Å². The van der Waals surface area contributed by atoms with Crippen LogP contribution in [-0.4, -0.2) is 14.8 Å². The number of rotatable bonds is 4. The highest BCUT2D eigenvalue weighted by molar-refractivity contribution is 5.57. The number of hydrogen-bond acceptors (Lipinski definition) is 3. The van der Waals surface area contributed by atoms with Crippen LogP contribution in [0.15, 0.2) is 30.6 Å². The van der Waals surface area contributed by atoms with Crippen molar-refractivity contribution in [3.05, 3.63) is 36.3 Å². The standard InChI is InChI=1S/C13H16N4/c14-7-12-6-13(11-2-1-5-15-8-11)16-17(12)9-10-3-4-10/h1-2,5-6,8,10H,3-4,7,9,14H2. The van der Waals surface area contributed by atoms with Gasteiger partial charge in [-0.3, -0.25) is 9.67 Å². The summed E-state index contributed by atoms with van der Waals surface area (Å²) in [5.41, 5.74) is 8.89. The lowest BCUT2D eigenvalue weighted by Gasteiger charge is -2.03. The molecule has 0 spiro atoms. The van der Waals surface area contributed by atoms with E-state index in [0.717, 1.165) is 29.4 Å². The molecule has 0 bridgehead atoms. The molecular formula is C13H16N4. The van der Waals surface area contributed by atoms with Gasteiger partial charge >= 0.3 is 0 Å². The molecule has 0 unspecified atom stereocenters. The van der Waals surface area contributed by atoms with Crippen molar-refractivity contribution in [2.75, 3.05) is 0 Å². The van der Waals surface area contributed by atoms with E-state index in [0.29, 0.717) is 6.54 Å². The third-order valence-corrected chi connectivity index (χ3v) is 3.16. The molecule has 0 atom stereocenters. The van der Waals surface area contributed by atoms with Gasteiger partial charge in [0.2, 0.25) is 0 Å². The largest absolute Gasteiger partial charge is 0.325 e. The van der Waals surface area contributed by atoms with Crippen LogP contribution in [0.4, 0.5) is 0 Å².